The van der Waals surface area contributed by atoms with Gasteiger partial charge in [0.15, 0.2) is 0 Å². The van der Waals surface area contributed by atoms with Crippen molar-refractivity contribution < 1.29 is 32.9 Å². The average Bonchev–Trinajstić information content (AvgIpc) is 3.39. The van der Waals surface area contributed by atoms with E-state index in [0.717, 1.165) is 32.1 Å². The van der Waals surface area contributed by atoms with Crippen LogP contribution in [0.5, 0.6) is 0 Å². The van der Waals surface area contributed by atoms with Crippen molar-refractivity contribution in [3.8, 4) is 0 Å². The summed E-state index contributed by atoms with van der Waals surface area (Å²) in [6, 6.07) is -0.847. The van der Waals surface area contributed by atoms with E-state index in [0.29, 0.717) is 17.4 Å². The van der Waals surface area contributed by atoms with E-state index in [1.165, 1.54) is 302 Å². The third-order valence-corrected chi connectivity index (χ3v) is 16.9. The molecule has 77 heavy (non-hydrogen) atoms. The third kappa shape index (κ3) is 62.4. The fraction of sp³-hybridized carbons (Fsp3) is 0.926. The van der Waals surface area contributed by atoms with E-state index in [-0.39, 0.29) is 19.1 Å². The number of hydrogen-bond donors (Lipinski definition) is 3. The molecular formula is C68H136N2O6P+. The molecule has 0 aliphatic rings. The van der Waals surface area contributed by atoms with Gasteiger partial charge >= 0.3 is 7.82 Å². The summed E-state index contributed by atoms with van der Waals surface area (Å²) in [5.74, 6) is -0.171. The van der Waals surface area contributed by atoms with Gasteiger partial charge in [-0.3, -0.25) is 13.8 Å². The lowest BCUT2D eigenvalue weighted by molar-refractivity contribution is -0.870. The van der Waals surface area contributed by atoms with Crippen LogP contribution in [0.25, 0.3) is 0 Å². The molecule has 0 rings (SSSR count). The lowest BCUT2D eigenvalue weighted by atomic mass is 10.0. The van der Waals surface area contributed by atoms with Crippen molar-refractivity contribution >= 4 is 13.7 Å². The molecule has 0 bridgehead atoms. The van der Waals surface area contributed by atoms with Crippen molar-refractivity contribution in [2.75, 3.05) is 40.9 Å². The number of likely N-dealkylation sites (N-methyl/N-ethyl adjacent to an activating group) is 1. The van der Waals surface area contributed by atoms with E-state index in [4.69, 9.17) is 9.05 Å². The Balaban J connectivity index is 4.05. The Bertz CT molecular complexity index is 1300. The van der Waals surface area contributed by atoms with Crippen molar-refractivity contribution in [3.63, 3.8) is 0 Å². The normalized spacial score (nSPS) is 13.8. The smallest absolute Gasteiger partial charge is 0.387 e. The maximum absolute atomic E-state index is 13.0. The van der Waals surface area contributed by atoms with Crippen molar-refractivity contribution in [3.05, 3.63) is 24.3 Å². The summed E-state index contributed by atoms with van der Waals surface area (Å²) in [6.45, 7) is 4.87. The molecule has 0 radical (unpaired) electrons. The number of amides is 1. The fourth-order valence-electron chi connectivity index (χ4n) is 10.6. The number of hydrogen-bond acceptors (Lipinski definition) is 5. The van der Waals surface area contributed by atoms with Gasteiger partial charge in [0.1, 0.15) is 13.2 Å². The van der Waals surface area contributed by atoms with E-state index >= 15 is 0 Å². The van der Waals surface area contributed by atoms with Gasteiger partial charge in [0.05, 0.1) is 39.9 Å². The lowest BCUT2D eigenvalue weighted by Gasteiger charge is -2.25. The molecule has 3 N–H and O–H groups in total. The highest BCUT2D eigenvalue weighted by Gasteiger charge is 2.28. The second-order valence-electron chi connectivity index (χ2n) is 24.9. The molecule has 0 heterocycles. The zero-order valence-electron chi connectivity index (χ0n) is 52.5. The summed E-state index contributed by atoms with van der Waals surface area (Å²) in [5.41, 5.74) is 0. The molecule has 0 aromatic heterocycles. The minimum absolute atomic E-state index is 0.0635. The number of carbonyl (C=O) groups is 1. The Hall–Kier alpha value is -1.02. The molecule has 0 aromatic rings. The van der Waals surface area contributed by atoms with Gasteiger partial charge in [-0.15, -0.1) is 0 Å². The molecule has 3 unspecified atom stereocenters. The van der Waals surface area contributed by atoms with Crippen LogP contribution in [-0.4, -0.2) is 73.4 Å². The van der Waals surface area contributed by atoms with Crippen LogP contribution in [0, 0.1) is 0 Å². The number of nitrogens with zero attached hydrogens (tertiary/aromatic N) is 1. The van der Waals surface area contributed by atoms with E-state index < -0.39 is 20.0 Å². The van der Waals surface area contributed by atoms with E-state index in [1.54, 1.807) is 6.08 Å². The van der Waals surface area contributed by atoms with Crippen molar-refractivity contribution in [2.45, 2.75) is 366 Å². The predicted octanol–water partition coefficient (Wildman–Crippen LogP) is 21.5. The Labute approximate surface area is 481 Å². The van der Waals surface area contributed by atoms with Crippen LogP contribution in [0.1, 0.15) is 354 Å². The lowest BCUT2D eigenvalue weighted by Crippen LogP contribution is -2.45. The van der Waals surface area contributed by atoms with Crippen LogP contribution in [0.3, 0.4) is 0 Å². The molecule has 0 saturated heterocycles. The van der Waals surface area contributed by atoms with E-state index in [2.05, 4.69) is 31.3 Å². The van der Waals surface area contributed by atoms with Gasteiger partial charge in [0.2, 0.25) is 5.91 Å². The number of rotatable bonds is 64. The molecule has 8 nitrogen and oxygen atoms in total. The molecule has 0 aliphatic heterocycles. The summed E-state index contributed by atoms with van der Waals surface area (Å²) >= 11 is 0. The highest BCUT2D eigenvalue weighted by atomic mass is 31.2. The van der Waals surface area contributed by atoms with Gasteiger partial charge in [-0.2, -0.15) is 0 Å². The molecule has 9 heteroatoms. The predicted molar refractivity (Wildman–Crippen MR) is 337 cm³/mol. The summed E-state index contributed by atoms with van der Waals surface area (Å²) in [5, 5.41) is 14.0. The molecule has 0 aliphatic carbocycles. The quantitative estimate of drug-likeness (QED) is 0.0243. The largest absolute Gasteiger partial charge is 0.472 e. The molecule has 458 valence electrons. The number of quaternary nitrogens is 1. The van der Waals surface area contributed by atoms with Crippen LogP contribution in [-0.2, 0) is 18.4 Å². The first-order valence-electron chi connectivity index (χ1n) is 34.2. The topological polar surface area (TPSA) is 105 Å². The standard InChI is InChI=1S/C68H135N2O6P/c1-6-8-10-12-14-16-18-20-22-24-26-28-30-31-32-33-34-35-36-37-38-40-41-43-45-47-49-51-53-55-57-59-61-67(71)66(65-76-77(73,74)75-64-63-70(3,4)5)69-68(72)62-60-58-56-54-52-50-48-46-44-42-39-29-27-25-23-21-19-17-15-13-11-9-7-2/h25,27,59,61,66-67,71H,6-24,26,28-58,60,62-65H2,1-5H3,(H-,69,72,73,74)/p+1/b27-25-,61-59+. The minimum atomic E-state index is -4.35. The number of allylic oxidation sites excluding steroid dienone is 3. The summed E-state index contributed by atoms with van der Waals surface area (Å²) in [4.78, 5) is 23.4. The van der Waals surface area contributed by atoms with Crippen molar-refractivity contribution in [2.24, 2.45) is 0 Å². The Morgan fingerprint density at radius 2 is 0.701 bits per heavy atom. The fourth-order valence-corrected chi connectivity index (χ4v) is 11.3. The summed E-state index contributed by atoms with van der Waals surface area (Å²) in [6.07, 6.45) is 77.5. The number of aliphatic hydroxyl groups excluding tert-OH is 1. The molecule has 0 spiro atoms. The van der Waals surface area contributed by atoms with E-state index in [9.17, 15) is 19.4 Å². The molecule has 3 atom stereocenters. The van der Waals surface area contributed by atoms with Gasteiger partial charge in [0, 0.05) is 6.42 Å². The second-order valence-corrected chi connectivity index (χ2v) is 26.4. The number of nitrogens with one attached hydrogen (secondary N) is 1. The average molecular weight is 1110 g/mol. The van der Waals surface area contributed by atoms with Crippen LogP contribution in [0.15, 0.2) is 24.3 Å². The maximum Gasteiger partial charge on any atom is 0.472 e. The van der Waals surface area contributed by atoms with Crippen LogP contribution < -0.4 is 5.32 Å². The van der Waals surface area contributed by atoms with E-state index in [1.807, 2.05) is 27.2 Å². The van der Waals surface area contributed by atoms with Gasteiger partial charge in [-0.1, -0.05) is 327 Å². The van der Waals surface area contributed by atoms with Crippen molar-refractivity contribution in [1.82, 2.24) is 5.32 Å². The first-order valence-corrected chi connectivity index (χ1v) is 35.7. The van der Waals surface area contributed by atoms with Gasteiger partial charge in [0.25, 0.3) is 0 Å². The highest BCUT2D eigenvalue weighted by molar-refractivity contribution is 7.47. The van der Waals surface area contributed by atoms with Crippen LogP contribution in [0.4, 0.5) is 0 Å². The third-order valence-electron chi connectivity index (χ3n) is 15.9. The number of phosphoric acid groups is 1. The zero-order valence-corrected chi connectivity index (χ0v) is 53.4. The molecule has 1 amide bonds. The SMILES string of the molecule is CCCCCCCCCC/C=C\CCCCCCCCCCCCCC(=O)NC(COP(=O)(O)OCC[N+](C)(C)C)C(O)/C=C/CCCCCCCCCCCCCCCCCCCCCCCCCCCCCCCC. The minimum Gasteiger partial charge on any atom is -0.387 e. The highest BCUT2D eigenvalue weighted by Crippen LogP contribution is 2.43. The Morgan fingerprint density at radius 1 is 0.429 bits per heavy atom. The zero-order chi connectivity index (χ0) is 56.3. The van der Waals surface area contributed by atoms with Crippen LogP contribution >= 0.6 is 7.82 Å². The van der Waals surface area contributed by atoms with Gasteiger partial charge < -0.3 is 19.8 Å². The number of unbranched alkanes of at least 4 members (excludes halogenated alkanes) is 49. The first kappa shape index (κ1) is 76.0. The molecule has 0 aromatic carbocycles. The van der Waals surface area contributed by atoms with Crippen molar-refractivity contribution in [1.29, 1.82) is 0 Å². The summed E-state index contributed by atoms with van der Waals surface area (Å²) in [7, 11) is 1.59. The molecule has 0 fully saturated rings. The number of carbonyl (C=O) groups excluding carboxylic acids is 1. The second kappa shape index (κ2) is 59.6. The maximum atomic E-state index is 13.0. The number of phosphoric ester groups is 1. The monoisotopic (exact) mass is 1110 g/mol. The Kier molecular flexibility index (Phi) is 58.8. The Morgan fingerprint density at radius 3 is 1.00 bits per heavy atom. The number of aliphatic hydroxyl groups is 1. The summed E-state index contributed by atoms with van der Waals surface area (Å²) < 4.78 is 23.8. The first-order chi connectivity index (χ1) is 37.5. The van der Waals surface area contributed by atoms with Gasteiger partial charge in [-0.05, 0) is 44.9 Å². The molecule has 0 saturated carbocycles. The van der Waals surface area contributed by atoms with Gasteiger partial charge in [-0.25, -0.2) is 4.57 Å². The molecular weight excluding hydrogens is 972 g/mol. The van der Waals surface area contributed by atoms with Crippen LogP contribution in [0.2, 0.25) is 0 Å².